The molecule has 0 saturated heterocycles. The summed E-state index contributed by atoms with van der Waals surface area (Å²) in [6.07, 6.45) is 1.05. The quantitative estimate of drug-likeness (QED) is 0.733. The molecule has 0 aliphatic heterocycles. The number of benzene rings is 1. The molecule has 0 radical (unpaired) electrons. The second kappa shape index (κ2) is 6.30. The van der Waals surface area contributed by atoms with Gasteiger partial charge in [-0.2, -0.15) is 0 Å². The van der Waals surface area contributed by atoms with Crippen molar-refractivity contribution in [3.63, 3.8) is 0 Å². The predicted molar refractivity (Wildman–Crippen MR) is 59.3 cm³/mol. The van der Waals surface area contributed by atoms with Gasteiger partial charge >= 0.3 is 0 Å². The molecule has 3 heteroatoms. The van der Waals surface area contributed by atoms with Crippen molar-refractivity contribution in [1.82, 2.24) is 0 Å². The topological polar surface area (TPSA) is 38.7 Å². The number of hydrogen-bond acceptors (Lipinski definition) is 3. The smallest absolute Gasteiger partial charge is 0.120 e. The first-order chi connectivity index (χ1) is 7.22. The Hall–Kier alpha value is -1.22. The third-order valence-corrected chi connectivity index (χ3v) is 1.88. The van der Waals surface area contributed by atoms with E-state index in [2.05, 4.69) is 6.92 Å². The molecule has 0 aliphatic rings. The van der Waals surface area contributed by atoms with Gasteiger partial charge in [-0.05, 0) is 37.6 Å². The molecule has 1 rings (SSSR count). The zero-order valence-corrected chi connectivity index (χ0v) is 9.27. The van der Waals surface area contributed by atoms with Crippen LogP contribution in [-0.4, -0.2) is 24.4 Å². The molecule has 84 valence electrons. The molecule has 3 nitrogen and oxygen atoms in total. The molecule has 0 amide bonds. The van der Waals surface area contributed by atoms with Crippen molar-refractivity contribution in [3.8, 4) is 11.5 Å². The molecular weight excluding hydrogens is 192 g/mol. The Labute approximate surface area is 90.6 Å². The molecule has 0 fully saturated rings. The van der Waals surface area contributed by atoms with Gasteiger partial charge in [-0.25, -0.2) is 0 Å². The Bertz CT molecular complexity index is 269. The Morgan fingerprint density at radius 3 is 2.53 bits per heavy atom. The van der Waals surface area contributed by atoms with Gasteiger partial charge in [0.15, 0.2) is 0 Å². The monoisotopic (exact) mass is 210 g/mol. The van der Waals surface area contributed by atoms with E-state index in [1.165, 1.54) is 0 Å². The van der Waals surface area contributed by atoms with E-state index >= 15 is 0 Å². The first-order valence-corrected chi connectivity index (χ1v) is 5.25. The van der Waals surface area contributed by atoms with Crippen LogP contribution in [0.2, 0.25) is 0 Å². The number of hydrogen-bond donors (Lipinski definition) is 1. The fraction of sp³-hybridized carbons (Fsp3) is 0.500. The van der Waals surface area contributed by atoms with Crippen LogP contribution in [0.15, 0.2) is 24.3 Å². The third kappa shape index (κ3) is 4.70. The van der Waals surface area contributed by atoms with Crippen LogP contribution in [0, 0.1) is 0 Å². The number of aromatic hydroxyl groups is 1. The highest BCUT2D eigenvalue weighted by molar-refractivity contribution is 5.30. The predicted octanol–water partition coefficient (Wildman–Crippen LogP) is 2.59. The summed E-state index contributed by atoms with van der Waals surface area (Å²) in [5.41, 5.74) is 0. The fourth-order valence-corrected chi connectivity index (χ4v) is 1.18. The standard InChI is InChI=1S/C12H18O3/c1-3-8-14-9-10(2)15-12-6-4-11(13)5-7-12/h4-7,10,13H,3,8-9H2,1-2H3. The van der Waals surface area contributed by atoms with Crippen LogP contribution in [0.1, 0.15) is 20.3 Å². The van der Waals surface area contributed by atoms with Gasteiger partial charge in [-0.15, -0.1) is 0 Å². The molecule has 0 bridgehead atoms. The molecule has 0 heterocycles. The highest BCUT2D eigenvalue weighted by atomic mass is 16.5. The van der Waals surface area contributed by atoms with Crippen molar-refractivity contribution < 1.29 is 14.6 Å². The van der Waals surface area contributed by atoms with Crippen molar-refractivity contribution in [2.75, 3.05) is 13.2 Å². The van der Waals surface area contributed by atoms with Crippen LogP contribution in [-0.2, 0) is 4.74 Å². The molecular formula is C12H18O3. The first-order valence-electron chi connectivity index (χ1n) is 5.25. The Kier molecular flexibility index (Phi) is 4.98. The van der Waals surface area contributed by atoms with Gasteiger partial charge in [0, 0.05) is 6.61 Å². The second-order valence-corrected chi connectivity index (χ2v) is 3.50. The second-order valence-electron chi connectivity index (χ2n) is 3.50. The number of rotatable bonds is 6. The fourth-order valence-electron chi connectivity index (χ4n) is 1.18. The third-order valence-electron chi connectivity index (χ3n) is 1.88. The van der Waals surface area contributed by atoms with E-state index in [0.717, 1.165) is 18.8 Å². The van der Waals surface area contributed by atoms with E-state index in [1.807, 2.05) is 6.92 Å². The summed E-state index contributed by atoms with van der Waals surface area (Å²) in [6, 6.07) is 6.70. The number of phenols is 1. The number of phenolic OH excluding ortho intramolecular Hbond substituents is 1. The van der Waals surface area contributed by atoms with Gasteiger partial charge in [-0.1, -0.05) is 6.92 Å². The molecule has 1 aromatic rings. The van der Waals surface area contributed by atoms with Gasteiger partial charge < -0.3 is 14.6 Å². The van der Waals surface area contributed by atoms with Gasteiger partial charge in [0.1, 0.15) is 17.6 Å². The first kappa shape index (κ1) is 11.9. The molecule has 15 heavy (non-hydrogen) atoms. The van der Waals surface area contributed by atoms with E-state index in [9.17, 15) is 0 Å². The molecule has 0 aliphatic carbocycles. The van der Waals surface area contributed by atoms with E-state index in [4.69, 9.17) is 14.6 Å². The van der Waals surface area contributed by atoms with Gasteiger partial charge in [0.25, 0.3) is 0 Å². The van der Waals surface area contributed by atoms with E-state index < -0.39 is 0 Å². The van der Waals surface area contributed by atoms with Gasteiger partial charge in [-0.3, -0.25) is 0 Å². The summed E-state index contributed by atoms with van der Waals surface area (Å²) in [7, 11) is 0. The summed E-state index contributed by atoms with van der Waals surface area (Å²) in [4.78, 5) is 0. The van der Waals surface area contributed by atoms with Crippen LogP contribution in [0.4, 0.5) is 0 Å². The molecule has 0 saturated carbocycles. The Morgan fingerprint density at radius 2 is 1.93 bits per heavy atom. The van der Waals surface area contributed by atoms with Crippen molar-refractivity contribution >= 4 is 0 Å². The van der Waals surface area contributed by atoms with E-state index in [-0.39, 0.29) is 11.9 Å². The average Bonchev–Trinajstić information content (AvgIpc) is 2.22. The minimum absolute atomic E-state index is 0.0288. The molecule has 1 N–H and O–H groups in total. The maximum Gasteiger partial charge on any atom is 0.120 e. The van der Waals surface area contributed by atoms with Gasteiger partial charge in [0.05, 0.1) is 6.61 Å². The summed E-state index contributed by atoms with van der Waals surface area (Å²) in [6.45, 7) is 5.39. The van der Waals surface area contributed by atoms with Crippen molar-refractivity contribution in [2.24, 2.45) is 0 Å². The van der Waals surface area contributed by atoms with Crippen molar-refractivity contribution in [1.29, 1.82) is 0 Å². The van der Waals surface area contributed by atoms with Crippen LogP contribution in [0.5, 0.6) is 11.5 Å². The maximum absolute atomic E-state index is 9.08. The summed E-state index contributed by atoms with van der Waals surface area (Å²) < 4.78 is 10.9. The summed E-state index contributed by atoms with van der Waals surface area (Å²) >= 11 is 0. The molecule has 1 unspecified atom stereocenters. The minimum atomic E-state index is 0.0288. The SMILES string of the molecule is CCCOCC(C)Oc1ccc(O)cc1. The van der Waals surface area contributed by atoms with Crippen molar-refractivity contribution in [3.05, 3.63) is 24.3 Å². The highest BCUT2D eigenvalue weighted by Gasteiger charge is 2.03. The molecule has 0 spiro atoms. The lowest BCUT2D eigenvalue weighted by Gasteiger charge is -2.14. The average molecular weight is 210 g/mol. The van der Waals surface area contributed by atoms with Crippen LogP contribution >= 0.6 is 0 Å². The number of ether oxygens (including phenoxy) is 2. The van der Waals surface area contributed by atoms with Gasteiger partial charge in [0.2, 0.25) is 0 Å². The molecule has 0 aromatic heterocycles. The van der Waals surface area contributed by atoms with Crippen LogP contribution in [0.25, 0.3) is 0 Å². The highest BCUT2D eigenvalue weighted by Crippen LogP contribution is 2.17. The largest absolute Gasteiger partial charge is 0.508 e. The lowest BCUT2D eigenvalue weighted by Crippen LogP contribution is -2.19. The van der Waals surface area contributed by atoms with Crippen LogP contribution in [0.3, 0.4) is 0 Å². The molecule has 1 aromatic carbocycles. The molecule has 1 atom stereocenters. The Morgan fingerprint density at radius 1 is 1.27 bits per heavy atom. The summed E-state index contributed by atoms with van der Waals surface area (Å²) in [5.74, 6) is 0.998. The lowest BCUT2D eigenvalue weighted by atomic mass is 10.3. The van der Waals surface area contributed by atoms with E-state index in [1.54, 1.807) is 24.3 Å². The van der Waals surface area contributed by atoms with Crippen molar-refractivity contribution in [2.45, 2.75) is 26.4 Å². The zero-order valence-electron chi connectivity index (χ0n) is 9.27. The van der Waals surface area contributed by atoms with Crippen LogP contribution < -0.4 is 4.74 Å². The lowest BCUT2D eigenvalue weighted by molar-refractivity contribution is 0.0589. The normalized spacial score (nSPS) is 12.4. The maximum atomic E-state index is 9.08. The summed E-state index contributed by atoms with van der Waals surface area (Å²) in [5, 5.41) is 9.08. The Balaban J connectivity index is 2.31. The zero-order chi connectivity index (χ0) is 11.1. The van der Waals surface area contributed by atoms with E-state index in [0.29, 0.717) is 6.61 Å². The minimum Gasteiger partial charge on any atom is -0.508 e.